The van der Waals surface area contributed by atoms with E-state index in [1.807, 2.05) is 6.07 Å². The summed E-state index contributed by atoms with van der Waals surface area (Å²) < 4.78 is 27.1. The Morgan fingerprint density at radius 1 is 1.57 bits per heavy atom. The number of hydrogen-bond acceptors (Lipinski definition) is 3. The van der Waals surface area contributed by atoms with Gasteiger partial charge in [-0.1, -0.05) is 0 Å². The summed E-state index contributed by atoms with van der Waals surface area (Å²) in [6.45, 7) is 3.96. The molecular weight excluding hydrogens is 202 g/mol. The van der Waals surface area contributed by atoms with Crippen molar-refractivity contribution < 1.29 is 8.42 Å². The minimum Gasteiger partial charge on any atom is -0.200 e. The first-order valence-electron chi connectivity index (χ1n) is 4.66. The molecule has 0 aromatic carbocycles. The fourth-order valence-electron chi connectivity index (χ4n) is 1.52. The zero-order chi connectivity index (χ0) is 10.8. The lowest BCUT2D eigenvalue weighted by Crippen LogP contribution is -2.45. The van der Waals surface area contributed by atoms with Gasteiger partial charge in [0.1, 0.15) is 6.04 Å². The van der Waals surface area contributed by atoms with Crippen molar-refractivity contribution in [1.82, 2.24) is 9.03 Å². The summed E-state index contributed by atoms with van der Waals surface area (Å²) in [5.74, 6) is 0. The first-order chi connectivity index (χ1) is 6.47. The zero-order valence-corrected chi connectivity index (χ0v) is 9.21. The molecule has 5 nitrogen and oxygen atoms in total. The Hall–Kier alpha value is -0.640. The molecule has 0 aromatic heterocycles. The molecule has 0 aromatic rings. The fraction of sp³-hybridized carbons (Fsp3) is 0.875. The van der Waals surface area contributed by atoms with Gasteiger partial charge in [0.05, 0.1) is 6.07 Å². The minimum absolute atomic E-state index is 0.139. The first kappa shape index (κ1) is 11.4. The molecule has 1 heterocycles. The van der Waals surface area contributed by atoms with Crippen LogP contribution in [-0.4, -0.2) is 31.4 Å². The lowest BCUT2D eigenvalue weighted by atomic mass is 10.2. The van der Waals surface area contributed by atoms with E-state index in [1.54, 1.807) is 13.8 Å². The van der Waals surface area contributed by atoms with Crippen molar-refractivity contribution in [2.75, 3.05) is 6.54 Å². The van der Waals surface area contributed by atoms with Crippen LogP contribution in [0.1, 0.15) is 26.7 Å². The third-order valence-corrected chi connectivity index (χ3v) is 3.87. The normalized spacial score (nSPS) is 24.0. The number of hydrogen-bond donors (Lipinski definition) is 1. The molecule has 1 fully saturated rings. The van der Waals surface area contributed by atoms with Crippen molar-refractivity contribution in [1.29, 1.82) is 5.26 Å². The van der Waals surface area contributed by atoms with Crippen LogP contribution in [0.25, 0.3) is 0 Å². The molecule has 0 bridgehead atoms. The van der Waals surface area contributed by atoms with Gasteiger partial charge < -0.3 is 0 Å². The summed E-state index contributed by atoms with van der Waals surface area (Å²) in [6.07, 6.45) is 1.40. The van der Waals surface area contributed by atoms with Gasteiger partial charge in [-0.15, -0.1) is 0 Å². The molecule has 1 unspecified atom stereocenters. The van der Waals surface area contributed by atoms with Crippen molar-refractivity contribution >= 4 is 10.2 Å². The van der Waals surface area contributed by atoms with Crippen LogP contribution in [0.2, 0.25) is 0 Å². The van der Waals surface area contributed by atoms with Crippen molar-refractivity contribution in [2.24, 2.45) is 0 Å². The van der Waals surface area contributed by atoms with Gasteiger partial charge in [-0.3, -0.25) is 0 Å². The van der Waals surface area contributed by atoms with E-state index in [1.165, 1.54) is 4.31 Å². The largest absolute Gasteiger partial charge is 0.280 e. The van der Waals surface area contributed by atoms with Gasteiger partial charge in [0.15, 0.2) is 0 Å². The Balaban J connectivity index is 2.78. The molecule has 1 saturated heterocycles. The van der Waals surface area contributed by atoms with E-state index in [9.17, 15) is 8.42 Å². The number of nitriles is 1. The highest BCUT2D eigenvalue weighted by atomic mass is 32.2. The van der Waals surface area contributed by atoms with Gasteiger partial charge >= 0.3 is 0 Å². The highest BCUT2D eigenvalue weighted by Crippen LogP contribution is 2.19. The maximum Gasteiger partial charge on any atom is 0.280 e. The van der Waals surface area contributed by atoms with Crippen LogP contribution in [0.4, 0.5) is 0 Å². The Morgan fingerprint density at radius 2 is 2.21 bits per heavy atom. The smallest absolute Gasteiger partial charge is 0.200 e. The monoisotopic (exact) mass is 217 g/mol. The van der Waals surface area contributed by atoms with Gasteiger partial charge in [0.2, 0.25) is 0 Å². The molecule has 0 saturated carbocycles. The molecule has 0 amide bonds. The second kappa shape index (κ2) is 4.26. The number of nitrogens with zero attached hydrogens (tertiary/aromatic N) is 2. The molecule has 80 valence electrons. The average Bonchev–Trinajstić information content (AvgIpc) is 2.48. The van der Waals surface area contributed by atoms with Crippen molar-refractivity contribution in [3.05, 3.63) is 0 Å². The predicted octanol–water partition coefficient (Wildman–Crippen LogP) is 0.217. The predicted molar refractivity (Wildman–Crippen MR) is 52.5 cm³/mol. The number of nitrogens with one attached hydrogen (secondary N) is 1. The summed E-state index contributed by atoms with van der Waals surface area (Å²) in [5.41, 5.74) is 0. The Morgan fingerprint density at radius 3 is 2.71 bits per heavy atom. The molecule has 1 aliphatic rings. The molecule has 1 N–H and O–H groups in total. The van der Waals surface area contributed by atoms with Crippen LogP contribution in [0, 0.1) is 11.3 Å². The summed E-state index contributed by atoms with van der Waals surface area (Å²) in [5, 5.41) is 8.75. The molecule has 1 atom stereocenters. The molecular formula is C8H15N3O2S. The Labute approximate surface area is 84.9 Å². The third kappa shape index (κ3) is 2.44. The maximum absolute atomic E-state index is 11.7. The summed E-state index contributed by atoms with van der Waals surface area (Å²) in [6, 6.07) is 1.37. The topological polar surface area (TPSA) is 73.2 Å². The molecule has 14 heavy (non-hydrogen) atoms. The van der Waals surface area contributed by atoms with Gasteiger partial charge in [0, 0.05) is 12.6 Å². The van der Waals surface area contributed by atoms with E-state index in [2.05, 4.69) is 4.72 Å². The van der Waals surface area contributed by atoms with Crippen LogP contribution in [0.3, 0.4) is 0 Å². The van der Waals surface area contributed by atoms with Gasteiger partial charge in [-0.2, -0.15) is 22.7 Å². The summed E-state index contributed by atoms with van der Waals surface area (Å²) >= 11 is 0. The van der Waals surface area contributed by atoms with Crippen LogP contribution in [0.15, 0.2) is 0 Å². The third-order valence-electron chi connectivity index (χ3n) is 2.05. The lowest BCUT2D eigenvalue weighted by molar-refractivity contribution is 0.423. The summed E-state index contributed by atoms with van der Waals surface area (Å²) in [4.78, 5) is 0. The Kier molecular flexibility index (Phi) is 3.48. The van der Waals surface area contributed by atoms with Crippen molar-refractivity contribution in [3.8, 4) is 6.07 Å². The lowest BCUT2D eigenvalue weighted by Gasteiger charge is -2.20. The quantitative estimate of drug-likeness (QED) is 0.734. The number of rotatable bonds is 3. The second-order valence-corrected chi connectivity index (χ2v) is 5.33. The highest BCUT2D eigenvalue weighted by Gasteiger charge is 2.34. The van der Waals surface area contributed by atoms with E-state index in [-0.39, 0.29) is 6.04 Å². The average molecular weight is 217 g/mol. The molecule has 0 radical (unpaired) electrons. The minimum atomic E-state index is -3.46. The standard InChI is InChI=1S/C8H15N3O2S/c1-7(2)10-14(12,13)11-5-3-4-8(11)6-9/h7-8,10H,3-5H2,1-2H3. The molecule has 6 heteroatoms. The van der Waals surface area contributed by atoms with E-state index in [4.69, 9.17) is 5.26 Å². The fourth-order valence-corrected chi connectivity index (χ4v) is 3.11. The Bertz CT molecular complexity index is 331. The zero-order valence-electron chi connectivity index (χ0n) is 8.40. The maximum atomic E-state index is 11.7. The van der Waals surface area contributed by atoms with Crippen LogP contribution in [0.5, 0.6) is 0 Å². The van der Waals surface area contributed by atoms with Crippen molar-refractivity contribution in [2.45, 2.75) is 38.8 Å². The van der Waals surface area contributed by atoms with E-state index >= 15 is 0 Å². The summed E-state index contributed by atoms with van der Waals surface area (Å²) in [7, 11) is -3.46. The molecule has 1 aliphatic heterocycles. The van der Waals surface area contributed by atoms with Gasteiger partial charge in [-0.05, 0) is 26.7 Å². The first-order valence-corrected chi connectivity index (χ1v) is 6.10. The van der Waals surface area contributed by atoms with Gasteiger partial charge in [-0.25, -0.2) is 0 Å². The van der Waals surface area contributed by atoms with E-state index < -0.39 is 16.3 Å². The van der Waals surface area contributed by atoms with Crippen LogP contribution >= 0.6 is 0 Å². The second-order valence-electron chi connectivity index (χ2n) is 3.68. The van der Waals surface area contributed by atoms with E-state index in [0.29, 0.717) is 13.0 Å². The molecule has 1 rings (SSSR count). The SMILES string of the molecule is CC(C)NS(=O)(=O)N1CCCC1C#N. The van der Waals surface area contributed by atoms with Gasteiger partial charge in [0.25, 0.3) is 10.2 Å². The highest BCUT2D eigenvalue weighted by molar-refractivity contribution is 7.87. The van der Waals surface area contributed by atoms with Crippen LogP contribution in [-0.2, 0) is 10.2 Å². The van der Waals surface area contributed by atoms with Crippen LogP contribution < -0.4 is 4.72 Å². The molecule has 0 aliphatic carbocycles. The van der Waals surface area contributed by atoms with E-state index in [0.717, 1.165) is 6.42 Å². The molecule has 0 spiro atoms. The van der Waals surface area contributed by atoms with Crippen molar-refractivity contribution in [3.63, 3.8) is 0 Å².